The Kier molecular flexibility index (Phi) is 5.65. The number of nitrogen functional groups attached to an aromatic ring is 1. The number of anilines is 1. The number of hydrogen-bond donors (Lipinski definition) is 1. The van der Waals surface area contributed by atoms with Crippen molar-refractivity contribution in [1.82, 2.24) is 15.1 Å². The molecule has 16 heavy (non-hydrogen) atoms. The molecular weight excluding hydrogens is 224 g/mol. The summed E-state index contributed by atoms with van der Waals surface area (Å²) in [5, 5.41) is 9.36. The van der Waals surface area contributed by atoms with Crippen LogP contribution in [0.4, 0.5) is 5.13 Å². The fraction of sp³-hybridized carbons (Fsp3) is 0.800. The summed E-state index contributed by atoms with van der Waals surface area (Å²) in [4.78, 5) is 2.34. The van der Waals surface area contributed by atoms with E-state index in [2.05, 4.69) is 28.9 Å². The summed E-state index contributed by atoms with van der Waals surface area (Å²) >= 11 is 1.45. The Hall–Kier alpha value is -0.720. The van der Waals surface area contributed by atoms with Crippen LogP contribution in [0, 0.1) is 0 Å². The van der Waals surface area contributed by atoms with Crippen molar-refractivity contribution in [2.45, 2.75) is 32.9 Å². The van der Waals surface area contributed by atoms with E-state index in [0.29, 0.717) is 11.2 Å². The largest absolute Gasteiger partial charge is 0.383 e. The fourth-order valence-corrected chi connectivity index (χ4v) is 2.06. The van der Waals surface area contributed by atoms with E-state index in [9.17, 15) is 0 Å². The lowest BCUT2D eigenvalue weighted by molar-refractivity contribution is 0.118. The third-order valence-corrected chi connectivity index (χ3v) is 3.35. The molecule has 0 saturated carbocycles. The van der Waals surface area contributed by atoms with Crippen LogP contribution in [0.25, 0.3) is 0 Å². The Morgan fingerprint density at radius 3 is 2.75 bits per heavy atom. The van der Waals surface area contributed by atoms with Crippen LogP contribution in [0.15, 0.2) is 0 Å². The summed E-state index contributed by atoms with van der Waals surface area (Å²) in [7, 11) is 1.72. The van der Waals surface area contributed by atoms with Gasteiger partial charge in [-0.2, -0.15) is 0 Å². The molecule has 0 aliphatic carbocycles. The van der Waals surface area contributed by atoms with Gasteiger partial charge in [0.2, 0.25) is 5.13 Å². The molecule has 2 N–H and O–H groups in total. The van der Waals surface area contributed by atoms with Crippen molar-refractivity contribution in [3.8, 4) is 0 Å². The second-order valence-electron chi connectivity index (χ2n) is 3.75. The molecule has 1 heterocycles. The molecular formula is C10H20N4OS. The Balaban J connectivity index is 2.55. The number of methoxy groups -OCH3 is 1. The SMILES string of the molecule is CCC(C)N(CCOC)Cc1nnc(N)s1. The highest BCUT2D eigenvalue weighted by atomic mass is 32.1. The topological polar surface area (TPSA) is 64.3 Å². The molecule has 0 fully saturated rings. The van der Waals surface area contributed by atoms with Gasteiger partial charge in [-0.1, -0.05) is 18.3 Å². The van der Waals surface area contributed by atoms with E-state index in [-0.39, 0.29) is 0 Å². The first-order chi connectivity index (χ1) is 7.67. The van der Waals surface area contributed by atoms with Crippen molar-refractivity contribution in [3.05, 3.63) is 5.01 Å². The van der Waals surface area contributed by atoms with Crippen molar-refractivity contribution in [2.24, 2.45) is 0 Å². The molecule has 1 unspecified atom stereocenters. The van der Waals surface area contributed by atoms with Crippen LogP contribution in [0.1, 0.15) is 25.3 Å². The molecule has 5 nitrogen and oxygen atoms in total. The molecule has 0 bridgehead atoms. The number of nitrogens with zero attached hydrogens (tertiary/aromatic N) is 3. The smallest absolute Gasteiger partial charge is 0.203 e. The summed E-state index contributed by atoms with van der Waals surface area (Å²) in [6.07, 6.45) is 1.11. The molecule has 1 aromatic heterocycles. The van der Waals surface area contributed by atoms with Crippen molar-refractivity contribution in [2.75, 3.05) is 26.0 Å². The van der Waals surface area contributed by atoms with Crippen molar-refractivity contribution >= 4 is 16.5 Å². The first-order valence-electron chi connectivity index (χ1n) is 5.48. The van der Waals surface area contributed by atoms with E-state index in [4.69, 9.17) is 10.5 Å². The monoisotopic (exact) mass is 244 g/mol. The van der Waals surface area contributed by atoms with Crippen LogP contribution in [-0.2, 0) is 11.3 Å². The van der Waals surface area contributed by atoms with Gasteiger partial charge in [0.25, 0.3) is 0 Å². The Morgan fingerprint density at radius 2 is 2.25 bits per heavy atom. The molecule has 1 atom stereocenters. The van der Waals surface area contributed by atoms with E-state index in [1.54, 1.807) is 7.11 Å². The second kappa shape index (κ2) is 6.78. The quantitative estimate of drug-likeness (QED) is 0.784. The molecule has 0 spiro atoms. The molecule has 1 aromatic rings. The molecule has 0 amide bonds. The van der Waals surface area contributed by atoms with Crippen LogP contribution < -0.4 is 5.73 Å². The normalized spacial score (nSPS) is 13.2. The molecule has 0 saturated heterocycles. The van der Waals surface area contributed by atoms with Gasteiger partial charge in [-0.15, -0.1) is 10.2 Å². The third kappa shape index (κ3) is 4.03. The van der Waals surface area contributed by atoms with Crippen LogP contribution in [0.5, 0.6) is 0 Å². The summed E-state index contributed by atoms with van der Waals surface area (Å²) < 4.78 is 5.11. The van der Waals surface area contributed by atoms with E-state index < -0.39 is 0 Å². The van der Waals surface area contributed by atoms with E-state index in [0.717, 1.165) is 31.1 Å². The molecule has 0 aliphatic rings. The zero-order valence-corrected chi connectivity index (χ0v) is 11.0. The van der Waals surface area contributed by atoms with Crippen molar-refractivity contribution < 1.29 is 4.74 Å². The third-order valence-electron chi connectivity index (χ3n) is 2.62. The summed E-state index contributed by atoms with van der Waals surface area (Å²) in [5.41, 5.74) is 5.56. The highest BCUT2D eigenvalue weighted by Gasteiger charge is 2.14. The van der Waals surface area contributed by atoms with Gasteiger partial charge in [0.15, 0.2) is 0 Å². The van der Waals surface area contributed by atoms with Gasteiger partial charge in [-0.05, 0) is 13.3 Å². The minimum Gasteiger partial charge on any atom is -0.383 e. The second-order valence-corrected chi connectivity index (χ2v) is 4.85. The van der Waals surface area contributed by atoms with Crippen molar-refractivity contribution in [1.29, 1.82) is 0 Å². The number of aromatic nitrogens is 2. The lowest BCUT2D eigenvalue weighted by atomic mass is 10.2. The molecule has 92 valence electrons. The standard InChI is InChI=1S/C10H20N4OS/c1-4-8(2)14(5-6-15-3)7-9-12-13-10(11)16-9/h8H,4-7H2,1-3H3,(H2,11,13). The van der Waals surface area contributed by atoms with Gasteiger partial charge >= 0.3 is 0 Å². The fourth-order valence-electron chi connectivity index (χ4n) is 1.43. The number of rotatable bonds is 7. The van der Waals surface area contributed by atoms with Crippen LogP contribution in [0.3, 0.4) is 0 Å². The summed E-state index contributed by atoms with van der Waals surface area (Å²) in [6.45, 7) is 6.83. The maximum atomic E-state index is 5.56. The minimum absolute atomic E-state index is 0.514. The van der Waals surface area contributed by atoms with E-state index in [1.807, 2.05) is 0 Å². The molecule has 0 aromatic carbocycles. The van der Waals surface area contributed by atoms with Crippen LogP contribution in [-0.4, -0.2) is 41.4 Å². The maximum Gasteiger partial charge on any atom is 0.203 e. The van der Waals surface area contributed by atoms with Gasteiger partial charge in [0, 0.05) is 19.7 Å². The predicted octanol–water partition coefficient (Wildman–Crippen LogP) is 1.37. The number of hydrogen-bond acceptors (Lipinski definition) is 6. The predicted molar refractivity (Wildman–Crippen MR) is 66.4 cm³/mol. The molecule has 0 aliphatic heterocycles. The van der Waals surface area contributed by atoms with E-state index >= 15 is 0 Å². The summed E-state index contributed by atoms with van der Waals surface area (Å²) in [5.74, 6) is 0. The highest BCUT2D eigenvalue weighted by Crippen LogP contribution is 2.15. The van der Waals surface area contributed by atoms with Crippen LogP contribution in [0.2, 0.25) is 0 Å². The van der Waals surface area contributed by atoms with Gasteiger partial charge in [0.05, 0.1) is 13.2 Å². The lowest BCUT2D eigenvalue weighted by Gasteiger charge is -2.26. The zero-order chi connectivity index (χ0) is 12.0. The minimum atomic E-state index is 0.514. The lowest BCUT2D eigenvalue weighted by Crippen LogP contribution is -2.34. The van der Waals surface area contributed by atoms with E-state index in [1.165, 1.54) is 11.3 Å². The molecule has 6 heteroatoms. The molecule has 0 radical (unpaired) electrons. The highest BCUT2D eigenvalue weighted by molar-refractivity contribution is 7.15. The van der Waals surface area contributed by atoms with Gasteiger partial charge in [-0.25, -0.2) is 0 Å². The Bertz CT molecular complexity index is 305. The molecule has 1 rings (SSSR count). The zero-order valence-electron chi connectivity index (χ0n) is 10.1. The Labute approximate surface area is 101 Å². The van der Waals surface area contributed by atoms with Gasteiger partial charge < -0.3 is 10.5 Å². The summed E-state index contributed by atoms with van der Waals surface area (Å²) in [6, 6.07) is 0.514. The average molecular weight is 244 g/mol. The van der Waals surface area contributed by atoms with Crippen LogP contribution >= 0.6 is 11.3 Å². The Morgan fingerprint density at radius 1 is 1.50 bits per heavy atom. The van der Waals surface area contributed by atoms with Gasteiger partial charge in [0.1, 0.15) is 5.01 Å². The maximum absolute atomic E-state index is 5.56. The average Bonchev–Trinajstić information content (AvgIpc) is 2.69. The first kappa shape index (κ1) is 13.3. The van der Waals surface area contributed by atoms with Gasteiger partial charge in [-0.3, -0.25) is 4.90 Å². The first-order valence-corrected chi connectivity index (χ1v) is 6.29. The number of nitrogens with two attached hydrogens (primary N) is 1. The van der Waals surface area contributed by atoms with Crippen molar-refractivity contribution in [3.63, 3.8) is 0 Å². The number of ether oxygens (including phenoxy) is 1.